The highest BCUT2D eigenvalue weighted by Crippen LogP contribution is 2.42. The van der Waals surface area contributed by atoms with Gasteiger partial charge in [-0.25, -0.2) is 4.79 Å². The van der Waals surface area contributed by atoms with Crippen molar-refractivity contribution in [3.63, 3.8) is 0 Å². The Labute approximate surface area is 108 Å². The van der Waals surface area contributed by atoms with Crippen molar-refractivity contribution in [1.29, 1.82) is 0 Å². The van der Waals surface area contributed by atoms with Crippen LogP contribution in [-0.2, 0) is 11.2 Å². The van der Waals surface area contributed by atoms with Crippen LogP contribution in [0.2, 0.25) is 0 Å². The van der Waals surface area contributed by atoms with E-state index in [4.69, 9.17) is 0 Å². The van der Waals surface area contributed by atoms with Crippen molar-refractivity contribution in [3.05, 3.63) is 17.5 Å². The molecular weight excluding hydrogens is 261 g/mol. The minimum Gasteiger partial charge on any atom is -0.448 e. The van der Waals surface area contributed by atoms with E-state index in [0.717, 1.165) is 6.42 Å². The van der Waals surface area contributed by atoms with Crippen LogP contribution in [0.25, 0.3) is 0 Å². The van der Waals surface area contributed by atoms with Gasteiger partial charge >= 0.3 is 12.1 Å². The molecule has 0 amide bonds. The number of ether oxygens (including phenoxy) is 1. The molecular formula is C12H15F3N2O2. The van der Waals surface area contributed by atoms with Crippen LogP contribution in [-0.4, -0.2) is 28.4 Å². The fraction of sp³-hybridized carbons (Fsp3) is 0.667. The largest absolute Gasteiger partial charge is 0.448 e. The summed E-state index contributed by atoms with van der Waals surface area (Å²) in [4.78, 5) is 11.6. The summed E-state index contributed by atoms with van der Waals surface area (Å²) in [6.45, 7) is 1.95. The molecule has 1 aromatic rings. The molecule has 0 bridgehead atoms. The molecule has 1 saturated carbocycles. The molecule has 4 nitrogen and oxygen atoms in total. The van der Waals surface area contributed by atoms with Gasteiger partial charge in [-0.2, -0.15) is 18.3 Å². The molecule has 1 heterocycles. The van der Waals surface area contributed by atoms with Crippen LogP contribution in [0.3, 0.4) is 0 Å². The minimum atomic E-state index is -4.51. The molecule has 1 aromatic heterocycles. The second-order valence-electron chi connectivity index (χ2n) is 4.73. The van der Waals surface area contributed by atoms with Crippen molar-refractivity contribution >= 4 is 5.97 Å². The van der Waals surface area contributed by atoms with E-state index in [2.05, 4.69) is 14.9 Å². The topological polar surface area (TPSA) is 55.0 Å². The number of H-pyrrole nitrogens is 1. The predicted octanol–water partition coefficient (Wildman–Crippen LogP) is 2.86. The van der Waals surface area contributed by atoms with E-state index in [9.17, 15) is 18.0 Å². The van der Waals surface area contributed by atoms with Crippen molar-refractivity contribution in [2.45, 2.75) is 44.9 Å². The minimum absolute atomic E-state index is 0.0987. The molecule has 1 unspecified atom stereocenters. The lowest BCUT2D eigenvalue weighted by Gasteiger charge is -2.19. The summed E-state index contributed by atoms with van der Waals surface area (Å²) in [5, 5.41) is 6.30. The highest BCUT2D eigenvalue weighted by molar-refractivity contribution is 5.87. The Balaban J connectivity index is 2.02. The van der Waals surface area contributed by atoms with Gasteiger partial charge < -0.3 is 4.74 Å². The maximum Gasteiger partial charge on any atom is 0.425 e. The van der Waals surface area contributed by atoms with Crippen molar-refractivity contribution in [2.24, 2.45) is 5.92 Å². The molecule has 7 heteroatoms. The molecule has 0 radical (unpaired) electrons. The number of aromatic amines is 1. The van der Waals surface area contributed by atoms with E-state index in [1.54, 1.807) is 0 Å². The van der Waals surface area contributed by atoms with E-state index in [1.165, 1.54) is 6.07 Å². The van der Waals surface area contributed by atoms with Gasteiger partial charge in [-0.15, -0.1) is 0 Å². The Bertz CT molecular complexity index is 452. The summed E-state index contributed by atoms with van der Waals surface area (Å²) in [6.07, 6.45) is -4.10. The van der Waals surface area contributed by atoms with Gasteiger partial charge in [-0.3, -0.25) is 5.10 Å². The van der Waals surface area contributed by atoms with Crippen LogP contribution in [0.5, 0.6) is 0 Å². The average Bonchev–Trinajstić information content (AvgIpc) is 3.04. The highest BCUT2D eigenvalue weighted by Gasteiger charge is 2.52. The molecule has 0 saturated heterocycles. The number of nitrogens with one attached hydrogen (secondary N) is 1. The molecule has 0 spiro atoms. The number of esters is 1. The maximum absolute atomic E-state index is 12.7. The smallest absolute Gasteiger partial charge is 0.425 e. The average molecular weight is 276 g/mol. The van der Waals surface area contributed by atoms with Crippen molar-refractivity contribution in [3.8, 4) is 0 Å². The molecule has 1 fully saturated rings. The monoisotopic (exact) mass is 276 g/mol. The molecule has 1 aliphatic rings. The zero-order valence-electron chi connectivity index (χ0n) is 10.5. The number of carbonyl (C=O) groups excluding carboxylic acids is 1. The van der Waals surface area contributed by atoms with Crippen LogP contribution in [0.15, 0.2) is 6.07 Å². The maximum atomic E-state index is 12.7. The van der Waals surface area contributed by atoms with Gasteiger partial charge in [-0.1, -0.05) is 13.3 Å². The number of alkyl halides is 3. The number of rotatable bonds is 5. The van der Waals surface area contributed by atoms with Crippen molar-refractivity contribution < 1.29 is 22.7 Å². The highest BCUT2D eigenvalue weighted by atomic mass is 19.4. The Morgan fingerprint density at radius 3 is 2.79 bits per heavy atom. The van der Waals surface area contributed by atoms with Gasteiger partial charge in [0.2, 0.25) is 0 Å². The fourth-order valence-corrected chi connectivity index (χ4v) is 1.87. The Morgan fingerprint density at radius 1 is 1.58 bits per heavy atom. The van der Waals surface area contributed by atoms with Crippen LogP contribution in [0.1, 0.15) is 42.4 Å². The number of carbonyl (C=O) groups is 1. The van der Waals surface area contributed by atoms with Gasteiger partial charge in [-0.05, 0) is 25.3 Å². The molecule has 0 aliphatic heterocycles. The molecule has 0 aromatic carbocycles. The van der Waals surface area contributed by atoms with Crippen LogP contribution < -0.4 is 0 Å². The first-order chi connectivity index (χ1) is 8.91. The van der Waals surface area contributed by atoms with E-state index in [-0.39, 0.29) is 5.69 Å². The van der Waals surface area contributed by atoms with Crippen molar-refractivity contribution in [2.75, 3.05) is 0 Å². The lowest BCUT2D eigenvalue weighted by Crippen LogP contribution is -2.35. The molecule has 2 rings (SSSR count). The lowest BCUT2D eigenvalue weighted by molar-refractivity contribution is -0.210. The van der Waals surface area contributed by atoms with Crippen molar-refractivity contribution in [1.82, 2.24) is 10.2 Å². The molecule has 1 N–H and O–H groups in total. The summed E-state index contributed by atoms with van der Waals surface area (Å²) in [5.41, 5.74) is 0.614. The number of hydrogen-bond donors (Lipinski definition) is 1. The van der Waals surface area contributed by atoms with Crippen LogP contribution in [0, 0.1) is 5.92 Å². The number of nitrogens with zero attached hydrogens (tertiary/aromatic N) is 1. The summed E-state index contributed by atoms with van der Waals surface area (Å²) in [6, 6.07) is 1.44. The first-order valence-electron chi connectivity index (χ1n) is 6.23. The summed E-state index contributed by atoms with van der Waals surface area (Å²) in [5.74, 6) is -1.62. The third-order valence-corrected chi connectivity index (χ3v) is 2.97. The number of hydrogen-bond acceptors (Lipinski definition) is 3. The quantitative estimate of drug-likeness (QED) is 0.841. The SMILES string of the molecule is CCCc1cc(C(=O)OC(C2CC2)C(F)(F)F)n[nH]1. The number of aromatic nitrogens is 2. The molecule has 1 atom stereocenters. The Hall–Kier alpha value is -1.53. The van der Waals surface area contributed by atoms with Gasteiger partial charge in [0.1, 0.15) is 0 Å². The summed E-state index contributed by atoms with van der Waals surface area (Å²) < 4.78 is 42.7. The summed E-state index contributed by atoms with van der Waals surface area (Å²) in [7, 11) is 0. The lowest BCUT2D eigenvalue weighted by atomic mass is 10.2. The second kappa shape index (κ2) is 5.22. The van der Waals surface area contributed by atoms with E-state index in [0.29, 0.717) is 25.0 Å². The second-order valence-corrected chi connectivity index (χ2v) is 4.73. The number of aryl methyl sites for hydroxylation is 1. The van der Waals surface area contributed by atoms with E-state index in [1.807, 2.05) is 6.92 Å². The predicted molar refractivity (Wildman–Crippen MR) is 60.6 cm³/mol. The summed E-state index contributed by atoms with van der Waals surface area (Å²) >= 11 is 0. The van der Waals surface area contributed by atoms with Gasteiger partial charge in [0.05, 0.1) is 0 Å². The number of halogens is 3. The Morgan fingerprint density at radius 2 is 2.26 bits per heavy atom. The van der Waals surface area contributed by atoms with Crippen LogP contribution in [0.4, 0.5) is 13.2 Å². The van der Waals surface area contributed by atoms with E-state index >= 15 is 0 Å². The van der Waals surface area contributed by atoms with Gasteiger partial charge in [0, 0.05) is 11.6 Å². The Kier molecular flexibility index (Phi) is 3.82. The molecule has 19 heavy (non-hydrogen) atoms. The molecule has 1 aliphatic carbocycles. The standard InChI is InChI=1S/C12H15F3N2O2/c1-2-3-8-6-9(17-16-8)11(18)19-10(7-4-5-7)12(13,14)15/h6-7,10H,2-5H2,1H3,(H,16,17). The first kappa shape index (κ1) is 13.9. The zero-order chi connectivity index (χ0) is 14.0. The van der Waals surface area contributed by atoms with Gasteiger partial charge in [0.25, 0.3) is 0 Å². The normalized spacial score (nSPS) is 17.3. The first-order valence-corrected chi connectivity index (χ1v) is 6.23. The zero-order valence-corrected chi connectivity index (χ0v) is 10.5. The third kappa shape index (κ3) is 3.48. The van der Waals surface area contributed by atoms with Crippen LogP contribution >= 0.6 is 0 Å². The van der Waals surface area contributed by atoms with Gasteiger partial charge in [0.15, 0.2) is 11.8 Å². The third-order valence-electron chi connectivity index (χ3n) is 2.97. The molecule has 106 valence electrons. The van der Waals surface area contributed by atoms with E-state index < -0.39 is 24.2 Å². The fourth-order valence-electron chi connectivity index (χ4n) is 1.87.